The maximum Gasteiger partial charge on any atom is 0.343 e. The van der Waals surface area contributed by atoms with Gasteiger partial charge in [0.25, 0.3) is 5.91 Å². The molecule has 2 amide bonds. The van der Waals surface area contributed by atoms with Gasteiger partial charge in [-0.2, -0.15) is 5.10 Å². The van der Waals surface area contributed by atoms with Crippen molar-refractivity contribution >= 4 is 29.7 Å². The second-order valence-corrected chi connectivity index (χ2v) is 8.78. The topological polar surface area (TPSA) is 96.9 Å². The minimum absolute atomic E-state index is 0.115. The number of ether oxygens (including phenoxy) is 1. The lowest BCUT2D eigenvalue weighted by atomic mass is 9.95. The molecule has 0 saturated heterocycles. The molecule has 3 rings (SSSR count). The number of amides is 2. The van der Waals surface area contributed by atoms with Crippen LogP contribution in [-0.2, 0) is 4.79 Å². The lowest BCUT2D eigenvalue weighted by molar-refractivity contribution is -0.123. The number of carbonyl (C=O) groups is 3. The standard InChI is InChI=1S/C27H27N3O4/c1-18-8-7-10-20(16-18)25(32)34-23-11-6-5-9-21(23)17-28-30-24(31)19-12-14-22(15-13-19)29-26(33)27(2,3)4/h5-17H,1-4H3,(H,29,33)(H,30,31). The van der Waals surface area contributed by atoms with Crippen molar-refractivity contribution < 1.29 is 19.1 Å². The first kappa shape index (κ1) is 24.4. The van der Waals surface area contributed by atoms with Crippen LogP contribution in [0.4, 0.5) is 5.69 Å². The van der Waals surface area contributed by atoms with Crippen molar-refractivity contribution in [2.45, 2.75) is 27.7 Å². The molecule has 0 radical (unpaired) electrons. The summed E-state index contributed by atoms with van der Waals surface area (Å²) in [6, 6.07) is 20.5. The number of hydrogen-bond acceptors (Lipinski definition) is 5. The summed E-state index contributed by atoms with van der Waals surface area (Å²) in [5.74, 6) is -0.687. The van der Waals surface area contributed by atoms with E-state index in [0.29, 0.717) is 28.1 Å². The Kier molecular flexibility index (Phi) is 7.58. The summed E-state index contributed by atoms with van der Waals surface area (Å²) in [4.78, 5) is 37.0. The molecule has 0 saturated carbocycles. The van der Waals surface area contributed by atoms with Crippen molar-refractivity contribution in [2.75, 3.05) is 5.32 Å². The van der Waals surface area contributed by atoms with Crippen molar-refractivity contribution in [3.05, 3.63) is 95.1 Å². The largest absolute Gasteiger partial charge is 0.422 e. The normalized spacial score (nSPS) is 11.2. The molecule has 7 heteroatoms. The maximum absolute atomic E-state index is 12.5. The van der Waals surface area contributed by atoms with Crippen LogP contribution in [0.2, 0.25) is 0 Å². The number of aryl methyl sites for hydroxylation is 1. The molecule has 0 atom stereocenters. The molecule has 2 N–H and O–H groups in total. The molecule has 0 bridgehead atoms. The first-order chi connectivity index (χ1) is 16.1. The number of rotatable bonds is 6. The molecule has 0 heterocycles. The lowest BCUT2D eigenvalue weighted by Gasteiger charge is -2.17. The SMILES string of the molecule is Cc1cccc(C(=O)Oc2ccccc2C=NNC(=O)c2ccc(NC(=O)C(C)(C)C)cc2)c1. The first-order valence-electron chi connectivity index (χ1n) is 10.8. The van der Waals surface area contributed by atoms with Crippen LogP contribution < -0.4 is 15.5 Å². The fraction of sp³-hybridized carbons (Fsp3) is 0.185. The zero-order valence-electron chi connectivity index (χ0n) is 19.6. The number of hydrogen-bond donors (Lipinski definition) is 2. The van der Waals surface area contributed by atoms with Gasteiger partial charge in [-0.15, -0.1) is 0 Å². The molecule has 0 aliphatic heterocycles. The molecule has 0 spiro atoms. The summed E-state index contributed by atoms with van der Waals surface area (Å²) in [5, 5.41) is 6.80. The van der Waals surface area contributed by atoms with Gasteiger partial charge in [0.2, 0.25) is 5.91 Å². The van der Waals surface area contributed by atoms with Crippen molar-refractivity contribution in [3.63, 3.8) is 0 Å². The predicted octanol–water partition coefficient (Wildman–Crippen LogP) is 4.96. The Labute approximate surface area is 198 Å². The maximum atomic E-state index is 12.5. The molecule has 0 aromatic heterocycles. The van der Waals surface area contributed by atoms with Crippen molar-refractivity contribution in [1.29, 1.82) is 0 Å². The van der Waals surface area contributed by atoms with Crippen molar-refractivity contribution in [2.24, 2.45) is 10.5 Å². The van der Waals surface area contributed by atoms with Gasteiger partial charge >= 0.3 is 5.97 Å². The Bertz CT molecular complexity index is 1230. The average molecular weight is 458 g/mol. The summed E-state index contributed by atoms with van der Waals surface area (Å²) >= 11 is 0. The smallest absolute Gasteiger partial charge is 0.343 e. The number of hydrazone groups is 1. The lowest BCUT2D eigenvalue weighted by Crippen LogP contribution is -2.27. The van der Waals surface area contributed by atoms with E-state index in [1.165, 1.54) is 6.21 Å². The van der Waals surface area contributed by atoms with Gasteiger partial charge < -0.3 is 10.1 Å². The summed E-state index contributed by atoms with van der Waals surface area (Å²) < 4.78 is 5.52. The Morgan fingerprint density at radius 3 is 2.26 bits per heavy atom. The van der Waals surface area contributed by atoms with Crippen LogP contribution in [-0.4, -0.2) is 24.0 Å². The van der Waals surface area contributed by atoms with Gasteiger partial charge in [0.1, 0.15) is 5.75 Å². The number of nitrogens with one attached hydrogen (secondary N) is 2. The van der Waals surface area contributed by atoms with E-state index in [4.69, 9.17) is 4.74 Å². The fourth-order valence-corrected chi connectivity index (χ4v) is 2.86. The van der Waals surface area contributed by atoms with E-state index in [9.17, 15) is 14.4 Å². The van der Waals surface area contributed by atoms with Gasteiger partial charge in [-0.05, 0) is 55.5 Å². The van der Waals surface area contributed by atoms with Crippen LogP contribution in [0.1, 0.15) is 52.6 Å². The summed E-state index contributed by atoms with van der Waals surface area (Å²) in [7, 11) is 0. The molecule has 0 fully saturated rings. The molecule has 3 aromatic carbocycles. The van der Waals surface area contributed by atoms with Crippen molar-refractivity contribution in [1.82, 2.24) is 5.43 Å². The molecule has 174 valence electrons. The monoisotopic (exact) mass is 457 g/mol. The van der Waals surface area contributed by atoms with Gasteiger partial charge in [-0.1, -0.05) is 50.6 Å². The minimum Gasteiger partial charge on any atom is -0.422 e. The molecule has 34 heavy (non-hydrogen) atoms. The van der Waals surface area contributed by atoms with Crippen molar-refractivity contribution in [3.8, 4) is 5.75 Å². The van der Waals surface area contributed by atoms with Gasteiger partial charge in [-0.3, -0.25) is 9.59 Å². The van der Waals surface area contributed by atoms with Crippen LogP contribution in [0.25, 0.3) is 0 Å². The molecule has 3 aromatic rings. The Morgan fingerprint density at radius 1 is 0.882 bits per heavy atom. The number of carbonyl (C=O) groups excluding carboxylic acids is 3. The van der Waals surface area contributed by atoms with Crippen LogP contribution in [0.5, 0.6) is 5.75 Å². The first-order valence-corrected chi connectivity index (χ1v) is 10.8. The molecular weight excluding hydrogens is 430 g/mol. The third-order valence-electron chi connectivity index (χ3n) is 4.83. The van der Waals surface area contributed by atoms with Gasteiger partial charge in [0.15, 0.2) is 0 Å². The highest BCUT2D eigenvalue weighted by molar-refractivity contribution is 5.98. The Hall–Kier alpha value is -4.26. The van der Waals surface area contributed by atoms with Crippen LogP contribution in [0, 0.1) is 12.3 Å². The predicted molar refractivity (Wildman–Crippen MR) is 132 cm³/mol. The van der Waals surface area contributed by atoms with E-state index in [0.717, 1.165) is 5.56 Å². The molecule has 0 aliphatic carbocycles. The van der Waals surface area contributed by atoms with E-state index in [1.807, 2.05) is 33.8 Å². The Morgan fingerprint density at radius 2 is 1.59 bits per heavy atom. The van der Waals surface area contributed by atoms with E-state index in [1.54, 1.807) is 66.7 Å². The highest BCUT2D eigenvalue weighted by Crippen LogP contribution is 2.19. The number of esters is 1. The summed E-state index contributed by atoms with van der Waals surface area (Å²) in [6.45, 7) is 7.37. The highest BCUT2D eigenvalue weighted by atomic mass is 16.5. The van der Waals surface area contributed by atoms with E-state index in [-0.39, 0.29) is 5.91 Å². The number of benzene rings is 3. The van der Waals surface area contributed by atoms with Crippen LogP contribution >= 0.6 is 0 Å². The van der Waals surface area contributed by atoms with Gasteiger partial charge in [0, 0.05) is 22.2 Å². The zero-order valence-corrected chi connectivity index (χ0v) is 19.6. The average Bonchev–Trinajstić information content (AvgIpc) is 2.80. The summed E-state index contributed by atoms with van der Waals surface area (Å²) in [6.07, 6.45) is 1.41. The highest BCUT2D eigenvalue weighted by Gasteiger charge is 2.21. The fourth-order valence-electron chi connectivity index (χ4n) is 2.86. The van der Waals surface area contributed by atoms with Gasteiger partial charge in [-0.25, -0.2) is 10.2 Å². The minimum atomic E-state index is -0.518. The molecular formula is C27H27N3O4. The zero-order chi connectivity index (χ0) is 24.7. The molecule has 7 nitrogen and oxygen atoms in total. The third-order valence-corrected chi connectivity index (χ3v) is 4.83. The Balaban J connectivity index is 1.63. The van der Waals surface area contributed by atoms with Crippen LogP contribution in [0.3, 0.4) is 0 Å². The third kappa shape index (κ3) is 6.62. The van der Waals surface area contributed by atoms with E-state index >= 15 is 0 Å². The number of anilines is 1. The number of nitrogens with zero attached hydrogens (tertiary/aromatic N) is 1. The van der Waals surface area contributed by atoms with Crippen LogP contribution in [0.15, 0.2) is 77.9 Å². The molecule has 0 unspecified atom stereocenters. The van der Waals surface area contributed by atoms with E-state index in [2.05, 4.69) is 15.8 Å². The van der Waals surface area contributed by atoms with Gasteiger partial charge in [0.05, 0.1) is 11.8 Å². The number of para-hydroxylation sites is 1. The molecule has 0 aliphatic rings. The second kappa shape index (κ2) is 10.6. The summed E-state index contributed by atoms with van der Waals surface area (Å²) in [5.41, 5.74) is 4.85. The quantitative estimate of drug-likeness (QED) is 0.237. The second-order valence-electron chi connectivity index (χ2n) is 8.78. The van der Waals surface area contributed by atoms with E-state index < -0.39 is 17.3 Å².